The fourth-order valence-electron chi connectivity index (χ4n) is 3.85. The molecule has 0 aromatic heterocycles. The Morgan fingerprint density at radius 3 is 2.12 bits per heavy atom. The number of hydrogen-bond donors (Lipinski definition) is 3. The van der Waals surface area contributed by atoms with Crippen LogP contribution in [-0.2, 0) is 28.6 Å². The molecule has 10 heteroatoms. The van der Waals surface area contributed by atoms with Crippen molar-refractivity contribution in [2.45, 2.75) is 24.5 Å². The minimum Gasteiger partial charge on any atom is -0.479 e. The summed E-state index contributed by atoms with van der Waals surface area (Å²) in [4.78, 5) is 41.4. The standard InChI is InChI=1S/C24H28N2O8/c1-24(14-32-3,22(29)26-34-20(13-31-2)21(27)28)25-23(30)33-12-19-17-10-6-4-8-15(17)16-9-5-7-11-18(16)19/h4-11,19-20H,12-14H2,1-3H3,(H,25,30)(H,26,29)(H,27,28). The van der Waals surface area contributed by atoms with Crippen molar-refractivity contribution in [3.63, 3.8) is 0 Å². The van der Waals surface area contributed by atoms with Crippen LogP contribution in [0.3, 0.4) is 0 Å². The van der Waals surface area contributed by atoms with Gasteiger partial charge in [0.15, 0.2) is 0 Å². The zero-order valence-electron chi connectivity index (χ0n) is 19.2. The molecule has 0 bridgehead atoms. The van der Waals surface area contributed by atoms with E-state index in [1.54, 1.807) is 0 Å². The lowest BCUT2D eigenvalue weighted by atomic mass is 9.98. The lowest BCUT2D eigenvalue weighted by molar-refractivity contribution is -0.167. The monoisotopic (exact) mass is 472 g/mol. The number of ether oxygens (including phenoxy) is 3. The number of carboxylic acids is 1. The molecule has 34 heavy (non-hydrogen) atoms. The van der Waals surface area contributed by atoms with Gasteiger partial charge in [0.25, 0.3) is 5.91 Å². The van der Waals surface area contributed by atoms with Crippen LogP contribution in [0.15, 0.2) is 48.5 Å². The first-order valence-electron chi connectivity index (χ1n) is 10.6. The van der Waals surface area contributed by atoms with Crippen molar-refractivity contribution < 1.29 is 38.5 Å². The van der Waals surface area contributed by atoms with Crippen LogP contribution in [-0.4, -0.2) is 68.8 Å². The van der Waals surface area contributed by atoms with Gasteiger partial charge in [0.2, 0.25) is 6.10 Å². The molecule has 2 amide bonds. The van der Waals surface area contributed by atoms with E-state index in [2.05, 4.69) is 10.8 Å². The average molecular weight is 472 g/mol. The van der Waals surface area contributed by atoms with Gasteiger partial charge in [-0.3, -0.25) is 9.63 Å². The number of carbonyl (C=O) groups is 3. The van der Waals surface area contributed by atoms with Crippen molar-refractivity contribution >= 4 is 18.0 Å². The second kappa shape index (κ2) is 11.1. The number of hydrogen-bond acceptors (Lipinski definition) is 7. The fraction of sp³-hybridized carbons (Fsp3) is 0.375. The molecule has 0 fully saturated rings. The van der Waals surface area contributed by atoms with Crippen LogP contribution in [0, 0.1) is 0 Å². The van der Waals surface area contributed by atoms with Gasteiger partial charge >= 0.3 is 12.1 Å². The first-order chi connectivity index (χ1) is 16.3. The van der Waals surface area contributed by atoms with Gasteiger partial charge in [0.1, 0.15) is 12.1 Å². The summed E-state index contributed by atoms with van der Waals surface area (Å²) < 4.78 is 15.3. The third kappa shape index (κ3) is 5.53. The van der Waals surface area contributed by atoms with Crippen LogP contribution in [0.25, 0.3) is 11.1 Å². The molecule has 182 valence electrons. The molecule has 3 N–H and O–H groups in total. The van der Waals surface area contributed by atoms with Crippen molar-refractivity contribution in [3.05, 3.63) is 59.7 Å². The SMILES string of the molecule is COCC(ONC(=O)C(C)(COC)NC(=O)OCC1c2ccccc2-c2ccccc21)C(=O)O. The third-order valence-electron chi connectivity index (χ3n) is 5.54. The number of methoxy groups -OCH3 is 2. The minimum atomic E-state index is -1.59. The summed E-state index contributed by atoms with van der Waals surface area (Å²) in [7, 11) is 2.66. The Morgan fingerprint density at radius 2 is 1.59 bits per heavy atom. The maximum Gasteiger partial charge on any atom is 0.408 e. The van der Waals surface area contributed by atoms with Gasteiger partial charge in [-0.15, -0.1) is 0 Å². The molecular formula is C24H28N2O8. The molecule has 1 aliphatic carbocycles. The molecule has 2 atom stereocenters. The molecule has 0 spiro atoms. The summed E-state index contributed by atoms with van der Waals surface area (Å²) in [6, 6.07) is 15.9. The van der Waals surface area contributed by atoms with Crippen molar-refractivity contribution in [1.29, 1.82) is 0 Å². The quantitative estimate of drug-likeness (QED) is 0.424. The van der Waals surface area contributed by atoms with Crippen LogP contribution in [0.2, 0.25) is 0 Å². The Balaban J connectivity index is 1.65. The third-order valence-corrected chi connectivity index (χ3v) is 5.54. The van der Waals surface area contributed by atoms with E-state index in [4.69, 9.17) is 24.2 Å². The van der Waals surface area contributed by atoms with Gasteiger partial charge in [-0.1, -0.05) is 48.5 Å². The van der Waals surface area contributed by atoms with Gasteiger partial charge in [0, 0.05) is 20.1 Å². The second-order valence-corrected chi connectivity index (χ2v) is 8.05. The molecule has 10 nitrogen and oxygen atoms in total. The first-order valence-corrected chi connectivity index (χ1v) is 10.6. The summed E-state index contributed by atoms with van der Waals surface area (Å²) in [6.07, 6.45) is -2.25. The Kier molecular flexibility index (Phi) is 8.21. The predicted octanol–water partition coefficient (Wildman–Crippen LogP) is 2.08. The van der Waals surface area contributed by atoms with E-state index in [9.17, 15) is 14.4 Å². The number of aliphatic carboxylic acids is 1. The number of nitrogens with one attached hydrogen (secondary N) is 2. The number of amides is 2. The Labute approximate surface area is 197 Å². The lowest BCUT2D eigenvalue weighted by Gasteiger charge is -2.28. The summed E-state index contributed by atoms with van der Waals surface area (Å²) in [5, 5.41) is 11.6. The topological polar surface area (TPSA) is 132 Å². The van der Waals surface area contributed by atoms with Crippen molar-refractivity contribution in [3.8, 4) is 11.1 Å². The molecule has 1 aliphatic rings. The Hall–Kier alpha value is -3.47. The van der Waals surface area contributed by atoms with Gasteiger partial charge in [-0.2, -0.15) is 0 Å². The number of fused-ring (bicyclic) bond motifs is 3. The van der Waals surface area contributed by atoms with E-state index in [0.717, 1.165) is 22.3 Å². The minimum absolute atomic E-state index is 0.0654. The van der Waals surface area contributed by atoms with Crippen LogP contribution in [0.5, 0.6) is 0 Å². The molecule has 3 rings (SSSR count). The van der Waals surface area contributed by atoms with Crippen LogP contribution in [0.1, 0.15) is 24.0 Å². The molecule has 0 saturated carbocycles. The zero-order chi connectivity index (χ0) is 24.7. The number of rotatable bonds is 11. The molecule has 0 saturated heterocycles. The largest absolute Gasteiger partial charge is 0.479 e. The summed E-state index contributed by atoms with van der Waals surface area (Å²) in [5.41, 5.74) is 4.76. The van der Waals surface area contributed by atoms with Crippen LogP contribution < -0.4 is 10.8 Å². The second-order valence-electron chi connectivity index (χ2n) is 8.05. The molecule has 2 aromatic rings. The van der Waals surface area contributed by atoms with E-state index in [0.29, 0.717) is 0 Å². The summed E-state index contributed by atoms with van der Waals surface area (Å²) >= 11 is 0. The summed E-state index contributed by atoms with van der Waals surface area (Å²) in [5.74, 6) is -2.28. The van der Waals surface area contributed by atoms with E-state index < -0.39 is 29.6 Å². The molecule has 0 aliphatic heterocycles. The number of alkyl carbamates (subject to hydrolysis) is 1. The molecule has 2 aromatic carbocycles. The van der Waals surface area contributed by atoms with Crippen LogP contribution >= 0.6 is 0 Å². The number of benzene rings is 2. The molecule has 2 unspecified atom stereocenters. The Bertz CT molecular complexity index is 998. The molecule has 0 heterocycles. The van der Waals surface area contributed by atoms with Crippen molar-refractivity contribution in [1.82, 2.24) is 10.8 Å². The van der Waals surface area contributed by atoms with E-state index in [1.165, 1.54) is 21.1 Å². The van der Waals surface area contributed by atoms with E-state index >= 15 is 0 Å². The fourth-order valence-corrected chi connectivity index (χ4v) is 3.85. The van der Waals surface area contributed by atoms with Crippen LogP contribution in [0.4, 0.5) is 4.79 Å². The normalized spacial score (nSPS) is 14.9. The highest BCUT2D eigenvalue weighted by atomic mass is 16.7. The smallest absolute Gasteiger partial charge is 0.408 e. The highest BCUT2D eigenvalue weighted by molar-refractivity contribution is 5.89. The van der Waals surface area contributed by atoms with Crippen molar-refractivity contribution in [2.24, 2.45) is 0 Å². The van der Waals surface area contributed by atoms with E-state index in [-0.39, 0.29) is 25.7 Å². The number of carbonyl (C=O) groups excluding carboxylic acids is 2. The maximum absolute atomic E-state index is 12.7. The van der Waals surface area contributed by atoms with E-state index in [1.807, 2.05) is 48.5 Å². The maximum atomic E-state index is 12.7. The van der Waals surface area contributed by atoms with Gasteiger partial charge in [-0.05, 0) is 29.2 Å². The summed E-state index contributed by atoms with van der Waals surface area (Å²) in [6.45, 7) is 0.976. The van der Waals surface area contributed by atoms with Crippen molar-refractivity contribution in [2.75, 3.05) is 34.0 Å². The highest BCUT2D eigenvalue weighted by Gasteiger charge is 2.38. The van der Waals surface area contributed by atoms with Gasteiger partial charge in [-0.25, -0.2) is 15.1 Å². The first kappa shape index (κ1) is 25.2. The predicted molar refractivity (Wildman–Crippen MR) is 121 cm³/mol. The average Bonchev–Trinajstić information content (AvgIpc) is 3.14. The molecular weight excluding hydrogens is 444 g/mol. The lowest BCUT2D eigenvalue weighted by Crippen LogP contribution is -2.60. The number of carboxylic acid groups (broad SMARTS) is 1. The van der Waals surface area contributed by atoms with Gasteiger partial charge < -0.3 is 24.6 Å². The Morgan fingerprint density at radius 1 is 1.00 bits per heavy atom. The molecule has 0 radical (unpaired) electrons. The zero-order valence-corrected chi connectivity index (χ0v) is 19.2. The highest BCUT2D eigenvalue weighted by Crippen LogP contribution is 2.44. The van der Waals surface area contributed by atoms with Gasteiger partial charge in [0.05, 0.1) is 13.2 Å². The number of hydroxylamine groups is 1.